The number of hydrogen-bond donors (Lipinski definition) is 0. The standard InChI is InChI=1S/C12H13ClN2OS/c1-2-4-10-11(13)14-8-15-12(10)16-7-9-5-3-6-17-9/h3,5-6,8H,2,4,7H2,1H3. The molecule has 0 aromatic carbocycles. The molecule has 0 N–H and O–H groups in total. The van der Waals surface area contributed by atoms with E-state index in [2.05, 4.69) is 16.9 Å². The summed E-state index contributed by atoms with van der Waals surface area (Å²) in [6.07, 6.45) is 3.26. The fourth-order valence-corrected chi connectivity index (χ4v) is 2.33. The van der Waals surface area contributed by atoms with Crippen molar-refractivity contribution in [1.29, 1.82) is 0 Å². The van der Waals surface area contributed by atoms with Gasteiger partial charge in [0, 0.05) is 4.88 Å². The van der Waals surface area contributed by atoms with Gasteiger partial charge in [0.2, 0.25) is 5.88 Å². The highest BCUT2D eigenvalue weighted by Gasteiger charge is 2.10. The smallest absolute Gasteiger partial charge is 0.221 e. The Bertz CT molecular complexity index is 473. The second-order valence-corrected chi connectivity index (χ2v) is 4.96. The average molecular weight is 269 g/mol. The van der Waals surface area contributed by atoms with E-state index < -0.39 is 0 Å². The van der Waals surface area contributed by atoms with Crippen molar-refractivity contribution in [3.63, 3.8) is 0 Å². The molecule has 0 saturated carbocycles. The Morgan fingerprint density at radius 1 is 1.41 bits per heavy atom. The number of nitrogens with zero attached hydrogens (tertiary/aromatic N) is 2. The first kappa shape index (κ1) is 12.3. The van der Waals surface area contributed by atoms with Crippen LogP contribution in [0.15, 0.2) is 23.8 Å². The first-order chi connectivity index (χ1) is 8.31. The molecular weight excluding hydrogens is 256 g/mol. The molecular formula is C12H13ClN2OS. The van der Waals surface area contributed by atoms with Crippen molar-refractivity contribution in [3.8, 4) is 5.88 Å². The van der Waals surface area contributed by atoms with E-state index in [9.17, 15) is 0 Å². The van der Waals surface area contributed by atoms with Gasteiger partial charge in [0.1, 0.15) is 18.1 Å². The van der Waals surface area contributed by atoms with Gasteiger partial charge in [-0.25, -0.2) is 9.97 Å². The summed E-state index contributed by atoms with van der Waals surface area (Å²) in [4.78, 5) is 9.29. The molecule has 0 radical (unpaired) electrons. The van der Waals surface area contributed by atoms with E-state index in [4.69, 9.17) is 16.3 Å². The van der Waals surface area contributed by atoms with Crippen LogP contribution in [0.2, 0.25) is 5.15 Å². The molecule has 2 aromatic rings. The minimum Gasteiger partial charge on any atom is -0.472 e. The summed E-state index contributed by atoms with van der Waals surface area (Å²) in [5.41, 5.74) is 0.897. The number of rotatable bonds is 5. The van der Waals surface area contributed by atoms with E-state index in [1.165, 1.54) is 11.2 Å². The lowest BCUT2D eigenvalue weighted by Crippen LogP contribution is -2.01. The van der Waals surface area contributed by atoms with Crippen LogP contribution in [-0.2, 0) is 13.0 Å². The zero-order valence-electron chi connectivity index (χ0n) is 9.52. The third-order valence-electron chi connectivity index (χ3n) is 2.28. The fourth-order valence-electron chi connectivity index (χ4n) is 1.49. The van der Waals surface area contributed by atoms with Gasteiger partial charge >= 0.3 is 0 Å². The summed E-state index contributed by atoms with van der Waals surface area (Å²) >= 11 is 7.70. The highest BCUT2D eigenvalue weighted by molar-refractivity contribution is 7.09. The van der Waals surface area contributed by atoms with Crippen LogP contribution < -0.4 is 4.74 Å². The van der Waals surface area contributed by atoms with Crippen molar-refractivity contribution in [2.24, 2.45) is 0 Å². The van der Waals surface area contributed by atoms with Crippen LogP contribution in [0.4, 0.5) is 0 Å². The summed E-state index contributed by atoms with van der Waals surface area (Å²) in [6, 6.07) is 4.04. The lowest BCUT2D eigenvalue weighted by Gasteiger charge is -2.09. The number of ether oxygens (including phenoxy) is 1. The Kier molecular flexibility index (Phi) is 4.34. The van der Waals surface area contributed by atoms with Crippen molar-refractivity contribution >= 4 is 22.9 Å². The summed E-state index contributed by atoms with van der Waals surface area (Å²) in [5.74, 6) is 0.597. The molecule has 2 heterocycles. The summed E-state index contributed by atoms with van der Waals surface area (Å²) in [6.45, 7) is 2.62. The third kappa shape index (κ3) is 3.17. The van der Waals surface area contributed by atoms with Crippen LogP contribution >= 0.6 is 22.9 Å². The molecule has 0 aliphatic carbocycles. The van der Waals surface area contributed by atoms with Crippen molar-refractivity contribution in [2.45, 2.75) is 26.4 Å². The molecule has 17 heavy (non-hydrogen) atoms. The summed E-state index contributed by atoms with van der Waals surface area (Å²) in [7, 11) is 0. The van der Waals surface area contributed by atoms with Gasteiger partial charge in [0.15, 0.2) is 0 Å². The minimum atomic E-state index is 0.489. The van der Waals surface area contributed by atoms with E-state index in [1.54, 1.807) is 11.3 Å². The van der Waals surface area contributed by atoms with Crippen LogP contribution in [-0.4, -0.2) is 9.97 Å². The van der Waals surface area contributed by atoms with Crippen LogP contribution in [0.3, 0.4) is 0 Å². The van der Waals surface area contributed by atoms with Crippen LogP contribution in [0.1, 0.15) is 23.8 Å². The minimum absolute atomic E-state index is 0.489. The molecule has 0 atom stereocenters. The predicted octanol–water partition coefficient (Wildman–Crippen LogP) is 3.72. The molecule has 2 rings (SSSR count). The van der Waals surface area contributed by atoms with E-state index in [1.807, 2.05) is 17.5 Å². The van der Waals surface area contributed by atoms with E-state index in [-0.39, 0.29) is 0 Å². The van der Waals surface area contributed by atoms with Crippen molar-refractivity contribution in [3.05, 3.63) is 39.4 Å². The lowest BCUT2D eigenvalue weighted by molar-refractivity contribution is 0.293. The molecule has 0 bridgehead atoms. The summed E-state index contributed by atoms with van der Waals surface area (Å²) in [5, 5.41) is 2.52. The van der Waals surface area contributed by atoms with E-state index in [0.717, 1.165) is 18.4 Å². The molecule has 0 saturated heterocycles. The number of thiophene rings is 1. The Morgan fingerprint density at radius 3 is 3.00 bits per heavy atom. The molecule has 0 unspecified atom stereocenters. The number of aromatic nitrogens is 2. The van der Waals surface area contributed by atoms with E-state index in [0.29, 0.717) is 17.6 Å². The van der Waals surface area contributed by atoms with Gasteiger partial charge in [-0.3, -0.25) is 0 Å². The highest BCUT2D eigenvalue weighted by Crippen LogP contribution is 2.24. The Labute approximate surface area is 109 Å². The molecule has 0 spiro atoms. The molecule has 0 fully saturated rings. The Morgan fingerprint density at radius 2 is 2.29 bits per heavy atom. The number of hydrogen-bond acceptors (Lipinski definition) is 4. The van der Waals surface area contributed by atoms with Gasteiger partial charge in [-0.1, -0.05) is 31.0 Å². The van der Waals surface area contributed by atoms with E-state index >= 15 is 0 Å². The molecule has 90 valence electrons. The van der Waals surface area contributed by atoms with Gasteiger partial charge in [0.05, 0.1) is 5.56 Å². The van der Waals surface area contributed by atoms with Crippen molar-refractivity contribution < 1.29 is 4.74 Å². The van der Waals surface area contributed by atoms with Gasteiger partial charge < -0.3 is 4.74 Å². The number of halogens is 1. The van der Waals surface area contributed by atoms with Gasteiger partial charge in [-0.15, -0.1) is 11.3 Å². The van der Waals surface area contributed by atoms with Crippen LogP contribution in [0, 0.1) is 0 Å². The second-order valence-electron chi connectivity index (χ2n) is 3.57. The second kappa shape index (κ2) is 5.98. The third-order valence-corrected chi connectivity index (χ3v) is 3.46. The Hall–Kier alpha value is -1.13. The lowest BCUT2D eigenvalue weighted by atomic mass is 10.2. The van der Waals surface area contributed by atoms with Crippen LogP contribution in [0.5, 0.6) is 5.88 Å². The maximum absolute atomic E-state index is 6.04. The van der Waals surface area contributed by atoms with Gasteiger partial charge in [0.25, 0.3) is 0 Å². The zero-order chi connectivity index (χ0) is 12.1. The monoisotopic (exact) mass is 268 g/mol. The maximum Gasteiger partial charge on any atom is 0.221 e. The van der Waals surface area contributed by atoms with Gasteiger partial charge in [-0.2, -0.15) is 0 Å². The average Bonchev–Trinajstić information content (AvgIpc) is 2.83. The molecule has 0 aliphatic rings. The first-order valence-electron chi connectivity index (χ1n) is 5.45. The van der Waals surface area contributed by atoms with Crippen LogP contribution in [0.25, 0.3) is 0 Å². The zero-order valence-corrected chi connectivity index (χ0v) is 11.1. The Balaban J connectivity index is 2.11. The quantitative estimate of drug-likeness (QED) is 0.775. The SMILES string of the molecule is CCCc1c(Cl)ncnc1OCc1cccs1. The maximum atomic E-state index is 6.04. The molecule has 0 amide bonds. The molecule has 2 aromatic heterocycles. The first-order valence-corrected chi connectivity index (χ1v) is 6.71. The molecule has 3 nitrogen and oxygen atoms in total. The largest absolute Gasteiger partial charge is 0.472 e. The summed E-state index contributed by atoms with van der Waals surface area (Å²) < 4.78 is 5.69. The van der Waals surface area contributed by atoms with Crippen molar-refractivity contribution in [1.82, 2.24) is 9.97 Å². The topological polar surface area (TPSA) is 35.0 Å². The highest BCUT2D eigenvalue weighted by atomic mass is 35.5. The normalized spacial score (nSPS) is 10.5. The molecule has 5 heteroatoms. The fraction of sp³-hybridized carbons (Fsp3) is 0.333. The van der Waals surface area contributed by atoms with Crippen molar-refractivity contribution in [2.75, 3.05) is 0 Å². The molecule has 0 aliphatic heterocycles. The predicted molar refractivity (Wildman–Crippen MR) is 69.7 cm³/mol. The van der Waals surface area contributed by atoms with Gasteiger partial charge in [-0.05, 0) is 17.9 Å².